The fourth-order valence-corrected chi connectivity index (χ4v) is 2.36. The summed E-state index contributed by atoms with van der Waals surface area (Å²) in [5, 5.41) is 8.87. The molecule has 1 N–H and O–H groups in total. The number of hydrogen-bond acceptors (Lipinski definition) is 2. The van der Waals surface area contributed by atoms with Crippen LogP contribution < -0.4 is 0 Å². The maximum absolute atomic E-state index is 10.8. The highest BCUT2D eigenvalue weighted by molar-refractivity contribution is 5.69. The molecule has 0 unspecified atom stereocenters. The Kier molecular flexibility index (Phi) is 3.09. The molecule has 0 aliphatic heterocycles. The molecule has 3 heteroatoms. The Morgan fingerprint density at radius 1 is 1.40 bits per heavy atom. The van der Waals surface area contributed by atoms with Crippen LogP contribution in [0.3, 0.4) is 0 Å². The summed E-state index contributed by atoms with van der Waals surface area (Å²) in [4.78, 5) is 10.8. The van der Waals surface area contributed by atoms with E-state index in [1.807, 2.05) is 6.07 Å². The van der Waals surface area contributed by atoms with Gasteiger partial charge in [-0.3, -0.25) is 4.79 Å². The minimum Gasteiger partial charge on any atom is -0.481 e. The van der Waals surface area contributed by atoms with Gasteiger partial charge in [0.05, 0.1) is 18.4 Å². The van der Waals surface area contributed by atoms with Crippen LogP contribution in [0.1, 0.15) is 31.2 Å². The molecular weight excluding hydrogens is 192 g/mol. The molecule has 0 atom stereocenters. The number of carbonyl (C=O) groups is 1. The van der Waals surface area contributed by atoms with Gasteiger partial charge in [-0.1, -0.05) is 0 Å². The first-order chi connectivity index (χ1) is 7.25. The molecule has 0 aromatic carbocycles. The molecule has 2 rings (SSSR count). The smallest absolute Gasteiger partial charge is 0.306 e. The minimum atomic E-state index is -0.628. The number of rotatable bonds is 3. The highest BCUT2D eigenvalue weighted by Crippen LogP contribution is 2.31. The van der Waals surface area contributed by atoms with E-state index in [0.717, 1.165) is 32.1 Å². The lowest BCUT2D eigenvalue weighted by Crippen LogP contribution is -2.22. The molecule has 1 aromatic rings. The molecule has 1 fully saturated rings. The third kappa shape index (κ3) is 2.61. The van der Waals surface area contributed by atoms with Gasteiger partial charge < -0.3 is 9.52 Å². The Labute approximate surface area is 89.1 Å². The first-order valence-electron chi connectivity index (χ1n) is 5.49. The van der Waals surface area contributed by atoms with Crippen molar-refractivity contribution in [3.05, 3.63) is 24.2 Å². The second-order valence-electron chi connectivity index (χ2n) is 4.39. The molecule has 1 heterocycles. The van der Waals surface area contributed by atoms with Gasteiger partial charge in [0.25, 0.3) is 0 Å². The van der Waals surface area contributed by atoms with E-state index in [9.17, 15) is 4.79 Å². The fraction of sp³-hybridized carbons (Fsp3) is 0.583. The van der Waals surface area contributed by atoms with Gasteiger partial charge in [-0.15, -0.1) is 0 Å². The molecule has 1 aliphatic rings. The van der Waals surface area contributed by atoms with Crippen molar-refractivity contribution in [1.82, 2.24) is 0 Å². The van der Waals surface area contributed by atoms with Crippen LogP contribution in [0, 0.1) is 11.8 Å². The van der Waals surface area contributed by atoms with E-state index in [1.54, 1.807) is 12.5 Å². The van der Waals surface area contributed by atoms with Crippen LogP contribution in [0.2, 0.25) is 0 Å². The van der Waals surface area contributed by atoms with Gasteiger partial charge in [-0.25, -0.2) is 0 Å². The first-order valence-corrected chi connectivity index (χ1v) is 5.49. The topological polar surface area (TPSA) is 50.4 Å². The highest BCUT2D eigenvalue weighted by atomic mass is 16.4. The maximum Gasteiger partial charge on any atom is 0.306 e. The average molecular weight is 208 g/mol. The third-order valence-electron chi connectivity index (χ3n) is 3.30. The van der Waals surface area contributed by atoms with Gasteiger partial charge in [-0.2, -0.15) is 0 Å². The largest absolute Gasteiger partial charge is 0.481 e. The lowest BCUT2D eigenvalue weighted by atomic mass is 9.80. The number of hydrogen-bond donors (Lipinski definition) is 1. The van der Waals surface area contributed by atoms with E-state index < -0.39 is 5.97 Å². The summed E-state index contributed by atoms with van der Waals surface area (Å²) in [5.41, 5.74) is 1.23. The second-order valence-corrected chi connectivity index (χ2v) is 4.39. The van der Waals surface area contributed by atoms with E-state index in [0.29, 0.717) is 5.92 Å². The zero-order valence-corrected chi connectivity index (χ0v) is 8.69. The van der Waals surface area contributed by atoms with Crippen LogP contribution in [0.25, 0.3) is 0 Å². The van der Waals surface area contributed by atoms with Crippen molar-refractivity contribution in [2.24, 2.45) is 11.8 Å². The molecule has 15 heavy (non-hydrogen) atoms. The van der Waals surface area contributed by atoms with E-state index in [2.05, 4.69) is 0 Å². The first kappa shape index (κ1) is 10.3. The van der Waals surface area contributed by atoms with E-state index in [1.165, 1.54) is 5.56 Å². The van der Waals surface area contributed by atoms with Crippen molar-refractivity contribution in [3.63, 3.8) is 0 Å². The molecule has 1 aromatic heterocycles. The standard InChI is InChI=1S/C12H16O3/c13-12(14)11-3-1-9(2-4-11)7-10-5-6-15-8-10/h5-6,8-9,11H,1-4,7H2,(H,13,14). The summed E-state index contributed by atoms with van der Waals surface area (Å²) in [6.45, 7) is 0. The molecule has 0 bridgehead atoms. The van der Waals surface area contributed by atoms with E-state index in [-0.39, 0.29) is 5.92 Å². The Bertz CT molecular complexity index is 308. The van der Waals surface area contributed by atoms with Crippen molar-refractivity contribution in [2.75, 3.05) is 0 Å². The molecule has 82 valence electrons. The lowest BCUT2D eigenvalue weighted by Gasteiger charge is -2.25. The van der Waals surface area contributed by atoms with Gasteiger partial charge >= 0.3 is 5.97 Å². The zero-order valence-electron chi connectivity index (χ0n) is 8.69. The highest BCUT2D eigenvalue weighted by Gasteiger charge is 2.25. The second kappa shape index (κ2) is 4.51. The lowest BCUT2D eigenvalue weighted by molar-refractivity contribution is -0.143. The normalized spacial score (nSPS) is 26.4. The van der Waals surface area contributed by atoms with Crippen molar-refractivity contribution in [2.45, 2.75) is 32.1 Å². The van der Waals surface area contributed by atoms with Crippen LogP contribution in [0.4, 0.5) is 0 Å². The van der Waals surface area contributed by atoms with Gasteiger partial charge in [0.15, 0.2) is 0 Å². The average Bonchev–Trinajstić information content (AvgIpc) is 2.71. The summed E-state index contributed by atoms with van der Waals surface area (Å²) in [5.74, 6) is -0.0967. The number of carboxylic acids is 1. The van der Waals surface area contributed by atoms with Gasteiger partial charge in [0.2, 0.25) is 0 Å². The van der Waals surface area contributed by atoms with Crippen molar-refractivity contribution >= 4 is 5.97 Å². The van der Waals surface area contributed by atoms with Crippen molar-refractivity contribution in [3.8, 4) is 0 Å². The van der Waals surface area contributed by atoms with Crippen LogP contribution in [-0.4, -0.2) is 11.1 Å². The quantitative estimate of drug-likeness (QED) is 0.830. The number of aliphatic carboxylic acids is 1. The molecule has 0 radical (unpaired) electrons. The summed E-state index contributed by atoms with van der Waals surface area (Å²) in [6, 6.07) is 1.99. The molecule has 0 amide bonds. The monoisotopic (exact) mass is 208 g/mol. The molecule has 1 aliphatic carbocycles. The SMILES string of the molecule is O=C(O)C1CCC(Cc2ccoc2)CC1. The van der Waals surface area contributed by atoms with Crippen molar-refractivity contribution < 1.29 is 14.3 Å². The Balaban J connectivity index is 1.81. The van der Waals surface area contributed by atoms with E-state index in [4.69, 9.17) is 9.52 Å². The number of furan rings is 1. The van der Waals surface area contributed by atoms with Gasteiger partial charge in [0, 0.05) is 0 Å². The van der Waals surface area contributed by atoms with E-state index >= 15 is 0 Å². The zero-order chi connectivity index (χ0) is 10.7. The summed E-state index contributed by atoms with van der Waals surface area (Å²) >= 11 is 0. The summed E-state index contributed by atoms with van der Waals surface area (Å²) in [7, 11) is 0. The molecule has 0 spiro atoms. The third-order valence-corrected chi connectivity index (χ3v) is 3.30. The van der Waals surface area contributed by atoms with Crippen LogP contribution in [-0.2, 0) is 11.2 Å². The summed E-state index contributed by atoms with van der Waals surface area (Å²) in [6.07, 6.45) is 8.23. The van der Waals surface area contributed by atoms with Crippen molar-refractivity contribution in [1.29, 1.82) is 0 Å². The predicted octanol–water partition coefficient (Wildman–Crippen LogP) is 2.71. The number of carboxylic acid groups (broad SMARTS) is 1. The predicted molar refractivity (Wildman–Crippen MR) is 55.5 cm³/mol. The fourth-order valence-electron chi connectivity index (χ4n) is 2.36. The van der Waals surface area contributed by atoms with Gasteiger partial charge in [0.1, 0.15) is 0 Å². The van der Waals surface area contributed by atoms with Crippen LogP contribution >= 0.6 is 0 Å². The minimum absolute atomic E-state index is 0.106. The Hall–Kier alpha value is -1.25. The summed E-state index contributed by atoms with van der Waals surface area (Å²) < 4.78 is 5.02. The molecular formula is C12H16O3. The molecule has 1 saturated carbocycles. The molecule has 0 saturated heterocycles. The Morgan fingerprint density at radius 3 is 2.67 bits per heavy atom. The molecule has 3 nitrogen and oxygen atoms in total. The Morgan fingerprint density at radius 2 is 2.13 bits per heavy atom. The van der Waals surface area contributed by atoms with Crippen LogP contribution in [0.5, 0.6) is 0 Å². The maximum atomic E-state index is 10.8. The van der Waals surface area contributed by atoms with Crippen LogP contribution in [0.15, 0.2) is 23.0 Å². The van der Waals surface area contributed by atoms with Gasteiger partial charge in [-0.05, 0) is 49.7 Å².